The van der Waals surface area contributed by atoms with Gasteiger partial charge in [0.15, 0.2) is 0 Å². The van der Waals surface area contributed by atoms with Crippen molar-refractivity contribution >= 4 is 5.91 Å². The molecular formula is C7H10N2O. The van der Waals surface area contributed by atoms with Crippen molar-refractivity contribution in [1.29, 1.82) is 5.26 Å². The maximum Gasteiger partial charge on any atom is 0.223 e. The molecule has 0 radical (unpaired) electrons. The number of carbonyl (C=O) groups is 1. The van der Waals surface area contributed by atoms with Crippen molar-refractivity contribution in [3.63, 3.8) is 0 Å². The lowest BCUT2D eigenvalue weighted by Gasteiger charge is -2.23. The number of nitrogens with zero attached hydrogens (tertiary/aromatic N) is 2. The van der Waals surface area contributed by atoms with E-state index in [4.69, 9.17) is 5.26 Å². The summed E-state index contributed by atoms with van der Waals surface area (Å²) in [7, 11) is 1.68. The second-order valence-corrected chi connectivity index (χ2v) is 2.84. The molecule has 10 heavy (non-hydrogen) atoms. The Bertz CT molecular complexity index is 206. The van der Waals surface area contributed by atoms with Gasteiger partial charge in [0.05, 0.1) is 6.07 Å². The Hall–Kier alpha value is -1.04. The lowest BCUT2D eigenvalue weighted by molar-refractivity contribution is -0.128. The Balaban J connectivity index is 2.86. The third-order valence-electron chi connectivity index (χ3n) is 2.18. The highest BCUT2D eigenvalue weighted by atomic mass is 16.2. The van der Waals surface area contributed by atoms with Gasteiger partial charge in [-0.3, -0.25) is 4.79 Å². The first-order chi connectivity index (χ1) is 4.60. The number of hydrogen-bond acceptors (Lipinski definition) is 2. The summed E-state index contributed by atoms with van der Waals surface area (Å²) in [5.74, 6) is 0.0732. The monoisotopic (exact) mass is 138 g/mol. The first kappa shape index (κ1) is 7.07. The zero-order valence-corrected chi connectivity index (χ0v) is 6.22. The van der Waals surface area contributed by atoms with Crippen molar-refractivity contribution in [2.24, 2.45) is 0 Å². The van der Waals surface area contributed by atoms with Gasteiger partial charge in [-0.2, -0.15) is 5.26 Å². The third kappa shape index (κ3) is 0.766. The number of hydrogen-bond donors (Lipinski definition) is 0. The van der Waals surface area contributed by atoms with E-state index < -0.39 is 5.54 Å². The van der Waals surface area contributed by atoms with Gasteiger partial charge in [0.1, 0.15) is 5.54 Å². The van der Waals surface area contributed by atoms with Crippen LogP contribution in [0.15, 0.2) is 0 Å². The normalized spacial score (nSPS) is 32.5. The minimum absolute atomic E-state index is 0.0732. The summed E-state index contributed by atoms with van der Waals surface area (Å²) in [5, 5.41) is 8.67. The molecule has 0 aromatic rings. The fourth-order valence-corrected chi connectivity index (χ4v) is 1.09. The van der Waals surface area contributed by atoms with Crippen LogP contribution in [0.2, 0.25) is 0 Å². The van der Waals surface area contributed by atoms with E-state index in [1.807, 2.05) is 0 Å². The Morgan fingerprint density at radius 1 is 1.80 bits per heavy atom. The highest BCUT2D eigenvalue weighted by Gasteiger charge is 2.38. The summed E-state index contributed by atoms with van der Waals surface area (Å²) >= 11 is 0. The molecule has 1 amide bonds. The van der Waals surface area contributed by atoms with Gasteiger partial charge in [0, 0.05) is 13.5 Å². The Morgan fingerprint density at radius 2 is 2.40 bits per heavy atom. The van der Waals surface area contributed by atoms with Gasteiger partial charge in [0.25, 0.3) is 0 Å². The van der Waals surface area contributed by atoms with Gasteiger partial charge in [-0.15, -0.1) is 0 Å². The standard InChI is InChI=1S/C7H10N2O/c1-7(5-8)4-3-6(10)9(7)2/h3-4H2,1-2H3/t7-/m1/s1. The van der Waals surface area contributed by atoms with E-state index in [0.29, 0.717) is 12.8 Å². The van der Waals surface area contributed by atoms with Crippen LogP contribution in [0.5, 0.6) is 0 Å². The van der Waals surface area contributed by atoms with Gasteiger partial charge >= 0.3 is 0 Å². The van der Waals surface area contributed by atoms with Crippen molar-refractivity contribution in [3.05, 3.63) is 0 Å². The number of likely N-dealkylation sites (tertiary alicyclic amines) is 1. The van der Waals surface area contributed by atoms with Crippen molar-refractivity contribution in [3.8, 4) is 6.07 Å². The van der Waals surface area contributed by atoms with E-state index in [2.05, 4.69) is 6.07 Å². The first-order valence-corrected chi connectivity index (χ1v) is 3.28. The maximum absolute atomic E-state index is 10.9. The number of amides is 1. The molecule has 0 unspecified atom stereocenters. The molecule has 0 aromatic carbocycles. The van der Waals surface area contributed by atoms with Crippen LogP contribution in [0.3, 0.4) is 0 Å². The molecule has 3 heteroatoms. The van der Waals surface area contributed by atoms with Crippen LogP contribution < -0.4 is 0 Å². The topological polar surface area (TPSA) is 44.1 Å². The van der Waals surface area contributed by atoms with Crippen molar-refractivity contribution < 1.29 is 4.79 Å². The van der Waals surface area contributed by atoms with Gasteiger partial charge in [0.2, 0.25) is 5.91 Å². The molecule has 3 nitrogen and oxygen atoms in total. The Morgan fingerprint density at radius 3 is 2.60 bits per heavy atom. The second-order valence-electron chi connectivity index (χ2n) is 2.84. The number of nitriles is 1. The van der Waals surface area contributed by atoms with Crippen LogP contribution in [0.25, 0.3) is 0 Å². The molecular weight excluding hydrogens is 128 g/mol. The molecule has 1 atom stereocenters. The van der Waals surface area contributed by atoms with E-state index in [1.54, 1.807) is 14.0 Å². The zero-order chi connectivity index (χ0) is 7.78. The lowest BCUT2D eigenvalue weighted by Crippen LogP contribution is -2.38. The lowest BCUT2D eigenvalue weighted by atomic mass is 10.0. The minimum atomic E-state index is -0.545. The van der Waals surface area contributed by atoms with Crippen LogP contribution in [0.4, 0.5) is 0 Å². The van der Waals surface area contributed by atoms with E-state index in [-0.39, 0.29) is 5.91 Å². The predicted octanol–water partition coefficient (Wildman–Crippen LogP) is 0.521. The second kappa shape index (κ2) is 1.98. The molecule has 1 saturated heterocycles. The molecule has 54 valence electrons. The van der Waals surface area contributed by atoms with Crippen molar-refractivity contribution in [1.82, 2.24) is 4.90 Å². The van der Waals surface area contributed by atoms with Gasteiger partial charge in [-0.25, -0.2) is 0 Å². The summed E-state index contributed by atoms with van der Waals surface area (Å²) in [5.41, 5.74) is -0.545. The fourth-order valence-electron chi connectivity index (χ4n) is 1.09. The Kier molecular flexibility index (Phi) is 1.40. The minimum Gasteiger partial charge on any atom is -0.327 e. The summed E-state index contributed by atoms with van der Waals surface area (Å²) in [6.07, 6.45) is 1.18. The maximum atomic E-state index is 10.9. The Labute approximate surface area is 60.2 Å². The van der Waals surface area contributed by atoms with E-state index in [0.717, 1.165) is 0 Å². The average molecular weight is 138 g/mol. The largest absolute Gasteiger partial charge is 0.327 e. The van der Waals surface area contributed by atoms with Crippen molar-refractivity contribution in [2.75, 3.05) is 7.05 Å². The van der Waals surface area contributed by atoms with Gasteiger partial charge in [-0.05, 0) is 13.3 Å². The van der Waals surface area contributed by atoms with E-state index in [1.165, 1.54) is 4.90 Å². The molecule has 0 saturated carbocycles. The molecule has 1 fully saturated rings. The SMILES string of the molecule is CN1C(=O)CC[C@]1(C)C#N. The van der Waals surface area contributed by atoms with Gasteiger partial charge < -0.3 is 4.90 Å². The molecule has 1 aliphatic rings. The quantitative estimate of drug-likeness (QED) is 0.490. The molecule has 0 bridgehead atoms. The zero-order valence-electron chi connectivity index (χ0n) is 6.22. The number of rotatable bonds is 0. The van der Waals surface area contributed by atoms with Crippen LogP contribution in [0.1, 0.15) is 19.8 Å². The summed E-state index contributed by atoms with van der Waals surface area (Å²) < 4.78 is 0. The van der Waals surface area contributed by atoms with E-state index in [9.17, 15) is 4.79 Å². The van der Waals surface area contributed by atoms with Crippen LogP contribution in [-0.2, 0) is 4.79 Å². The fraction of sp³-hybridized carbons (Fsp3) is 0.714. The van der Waals surface area contributed by atoms with Crippen LogP contribution in [-0.4, -0.2) is 23.4 Å². The van der Waals surface area contributed by atoms with Gasteiger partial charge in [-0.1, -0.05) is 0 Å². The highest BCUT2D eigenvalue weighted by molar-refractivity contribution is 5.80. The highest BCUT2D eigenvalue weighted by Crippen LogP contribution is 2.26. The van der Waals surface area contributed by atoms with E-state index >= 15 is 0 Å². The molecule has 1 rings (SSSR count). The molecule has 0 N–H and O–H groups in total. The summed E-state index contributed by atoms with van der Waals surface area (Å²) in [6, 6.07) is 2.13. The first-order valence-electron chi connectivity index (χ1n) is 3.28. The van der Waals surface area contributed by atoms with Crippen molar-refractivity contribution in [2.45, 2.75) is 25.3 Å². The summed E-state index contributed by atoms with van der Waals surface area (Å²) in [4.78, 5) is 12.4. The molecule has 0 spiro atoms. The molecule has 1 heterocycles. The average Bonchev–Trinajstić information content (AvgIpc) is 2.19. The molecule has 1 aliphatic heterocycles. The van der Waals surface area contributed by atoms with Crippen LogP contribution in [0, 0.1) is 11.3 Å². The number of carbonyl (C=O) groups excluding carboxylic acids is 1. The van der Waals surface area contributed by atoms with Crippen LogP contribution >= 0.6 is 0 Å². The predicted molar refractivity (Wildman–Crippen MR) is 36.0 cm³/mol. The third-order valence-corrected chi connectivity index (χ3v) is 2.18. The molecule has 0 aromatic heterocycles. The smallest absolute Gasteiger partial charge is 0.223 e. The molecule has 0 aliphatic carbocycles. The summed E-state index contributed by atoms with van der Waals surface area (Å²) in [6.45, 7) is 1.79.